The number of nitrogens with zero attached hydrogens (tertiary/aromatic N) is 1. The molecule has 0 aliphatic carbocycles. The van der Waals surface area contributed by atoms with Crippen molar-refractivity contribution in [3.8, 4) is 0 Å². The fourth-order valence-electron chi connectivity index (χ4n) is 6.25. The maximum atomic E-state index is 13.1. The zero-order valence-corrected chi connectivity index (χ0v) is 36.6. The molecule has 52 heavy (non-hydrogen) atoms. The number of Topliss-reactive ketones (excluding diaryl/α,β-unsaturated/α-hetero) is 1. The lowest BCUT2D eigenvalue weighted by atomic mass is 9.74. The number of carbonyl (C=O) groups excluding carboxylic acids is 3. The van der Waals surface area contributed by atoms with E-state index in [1.165, 1.54) is 0 Å². The van der Waals surface area contributed by atoms with Crippen LogP contribution >= 0.6 is 12.6 Å². The summed E-state index contributed by atoms with van der Waals surface area (Å²) in [5.41, 5.74) is -0.402. The SMILES string of the molecule is C.C=C.CC.CC.CC.CC[C@@H]1C(=O)OC2[C@H]1[C@@H](C)C(=O)CC[C@@](C)(OC)CCC[C@@H](C)C(=O)O[C@@H]2CC.CS.C[C@@H]1CC[C@H](N(C)C)C(O)O1.O.[HH]. The van der Waals surface area contributed by atoms with Gasteiger partial charge in [0.05, 0.1) is 29.6 Å². The Hall–Kier alpha value is -1.50. The van der Waals surface area contributed by atoms with Gasteiger partial charge in [-0.05, 0) is 85.6 Å². The molecule has 2 unspecified atom stereocenters. The molecule has 0 aromatic rings. The lowest BCUT2D eigenvalue weighted by Crippen LogP contribution is -2.45. The van der Waals surface area contributed by atoms with E-state index >= 15 is 0 Å². The lowest BCUT2D eigenvalue weighted by molar-refractivity contribution is -0.189. The molecule has 0 spiro atoms. The summed E-state index contributed by atoms with van der Waals surface area (Å²) in [4.78, 5) is 40.3. The van der Waals surface area contributed by atoms with Crippen molar-refractivity contribution in [3.05, 3.63) is 13.2 Å². The molecule has 0 bridgehead atoms. The minimum absolute atomic E-state index is 0. The van der Waals surface area contributed by atoms with Gasteiger partial charge in [-0.2, -0.15) is 12.6 Å². The Morgan fingerprint density at radius 1 is 0.904 bits per heavy atom. The van der Waals surface area contributed by atoms with Crippen LogP contribution in [0.2, 0.25) is 0 Å². The molecule has 10 nitrogen and oxygen atoms in total. The van der Waals surface area contributed by atoms with Crippen LogP contribution in [0.5, 0.6) is 0 Å². The van der Waals surface area contributed by atoms with Gasteiger partial charge >= 0.3 is 11.9 Å². The van der Waals surface area contributed by atoms with Gasteiger partial charge in [-0.15, -0.1) is 13.2 Å². The molecular weight excluding hydrogens is 683 g/mol. The number of cyclic esters (lactones) is 1. The molecule has 0 radical (unpaired) electrons. The number of thiol groups is 1. The average molecular weight is 772 g/mol. The standard InChI is InChI=1S/C23H38O6.C8H17NO2.3C2H6.C2H4.CH4S.CH4.H2O.H2/c1-7-16-19-15(4)17(24)11-13-23(5,27-6)12-9-10-14(3)21(25)28-18(8-2)20(19)29-22(16)26;1-6-4-5-7(9(2)3)8(10)11-6;5*1-2;;;/h14-16,18-20H,7-13H2,1-6H3;6-8,10H,4-5H2,1-3H3;3*1-2H3;1-2H2;2H,1H3;1H4;1H2;1H/t14-,15+,16+,18-,19+,20?,23+;6-,7+,8?;;;;;;;;/m11......../s1. The highest BCUT2D eigenvalue weighted by Gasteiger charge is 2.51. The molecule has 10 atom stereocenters. The van der Waals surface area contributed by atoms with Gasteiger partial charge in [0.2, 0.25) is 0 Å². The first-order valence-corrected chi connectivity index (χ1v) is 20.1. The summed E-state index contributed by atoms with van der Waals surface area (Å²) in [5, 5.41) is 9.45. The van der Waals surface area contributed by atoms with Crippen molar-refractivity contribution in [2.45, 2.75) is 185 Å². The van der Waals surface area contributed by atoms with Crippen LogP contribution in [0.4, 0.5) is 0 Å². The molecule has 0 saturated carbocycles. The van der Waals surface area contributed by atoms with E-state index in [2.05, 4.69) is 25.8 Å². The quantitative estimate of drug-likeness (QED) is 0.163. The molecule has 3 saturated heterocycles. The summed E-state index contributed by atoms with van der Waals surface area (Å²) in [7, 11) is 5.60. The molecule has 11 heteroatoms. The van der Waals surface area contributed by atoms with E-state index in [1.54, 1.807) is 13.4 Å². The van der Waals surface area contributed by atoms with Crippen molar-refractivity contribution >= 4 is 30.4 Å². The van der Waals surface area contributed by atoms with Gasteiger partial charge in [0.1, 0.15) is 18.0 Å². The molecule has 0 amide bonds. The van der Waals surface area contributed by atoms with Gasteiger partial charge in [-0.25, -0.2) is 0 Å². The molecule has 0 aromatic carbocycles. The molecular formula is C41H89NO9S. The topological polar surface area (TPSA) is 143 Å². The maximum absolute atomic E-state index is 13.1. The fraction of sp³-hybridized carbons (Fsp3) is 0.878. The van der Waals surface area contributed by atoms with Gasteiger partial charge in [0, 0.05) is 26.8 Å². The molecule has 3 heterocycles. The van der Waals surface area contributed by atoms with Crippen LogP contribution in [0, 0.1) is 23.7 Å². The Kier molecular flexibility index (Phi) is 43.8. The Labute approximate surface area is 328 Å². The zero-order valence-electron chi connectivity index (χ0n) is 35.7. The molecule has 3 aliphatic heterocycles. The smallest absolute Gasteiger partial charge is 0.309 e. The summed E-state index contributed by atoms with van der Waals surface area (Å²) in [5.74, 6) is -1.62. The van der Waals surface area contributed by atoms with E-state index in [0.717, 1.165) is 25.7 Å². The van der Waals surface area contributed by atoms with Crippen molar-refractivity contribution in [1.82, 2.24) is 4.90 Å². The first kappa shape index (κ1) is 62.5. The summed E-state index contributed by atoms with van der Waals surface area (Å²) in [6.07, 6.45) is 6.78. The van der Waals surface area contributed by atoms with Crippen LogP contribution in [-0.2, 0) is 33.3 Å². The van der Waals surface area contributed by atoms with Crippen LogP contribution in [0.3, 0.4) is 0 Å². The van der Waals surface area contributed by atoms with E-state index in [9.17, 15) is 19.5 Å². The summed E-state index contributed by atoms with van der Waals surface area (Å²) >= 11 is 3.53. The van der Waals surface area contributed by atoms with Crippen molar-refractivity contribution in [2.75, 3.05) is 27.5 Å². The minimum Gasteiger partial charge on any atom is -0.458 e. The normalized spacial score (nSPS) is 31.2. The van der Waals surface area contributed by atoms with Gasteiger partial charge in [0.25, 0.3) is 0 Å². The number of aliphatic hydroxyl groups excluding tert-OH is 1. The largest absolute Gasteiger partial charge is 0.458 e. The Balaban J connectivity index is -0.000000148. The van der Waals surface area contributed by atoms with Crippen molar-refractivity contribution in [2.24, 2.45) is 23.7 Å². The summed E-state index contributed by atoms with van der Waals surface area (Å²) in [6.45, 7) is 29.6. The van der Waals surface area contributed by atoms with Gasteiger partial charge in [-0.1, -0.05) is 76.7 Å². The maximum Gasteiger partial charge on any atom is 0.309 e. The second-order valence-electron chi connectivity index (χ2n) is 12.5. The molecule has 3 rings (SSSR count). The van der Waals surface area contributed by atoms with E-state index < -0.39 is 24.1 Å². The number of hydrogen-bond acceptors (Lipinski definition) is 10. The van der Waals surface area contributed by atoms with Crippen molar-refractivity contribution < 1.29 is 45.3 Å². The lowest BCUT2D eigenvalue weighted by Gasteiger charge is -2.35. The number of fused-ring (bicyclic) bond motifs is 1. The molecule has 3 aliphatic rings. The molecule has 3 N–H and O–H groups in total. The second-order valence-corrected chi connectivity index (χ2v) is 12.5. The predicted octanol–water partition coefficient (Wildman–Crippen LogP) is 9.00. The highest BCUT2D eigenvalue weighted by molar-refractivity contribution is 7.79. The number of ether oxygens (including phenoxy) is 4. The number of ketones is 1. The first-order chi connectivity index (χ1) is 23.8. The van der Waals surface area contributed by atoms with E-state index in [1.807, 2.05) is 102 Å². The van der Waals surface area contributed by atoms with Crippen molar-refractivity contribution in [3.63, 3.8) is 0 Å². The number of methoxy groups -OCH3 is 1. The van der Waals surface area contributed by atoms with E-state index in [4.69, 9.17) is 18.9 Å². The number of esters is 2. The van der Waals surface area contributed by atoms with Crippen LogP contribution in [0.25, 0.3) is 0 Å². The number of hydrogen-bond donors (Lipinski definition) is 2. The van der Waals surface area contributed by atoms with Gasteiger partial charge in [0.15, 0.2) is 6.29 Å². The highest BCUT2D eigenvalue weighted by atomic mass is 32.1. The molecule has 3 fully saturated rings. The number of aliphatic hydroxyl groups is 1. The van der Waals surface area contributed by atoms with Crippen LogP contribution in [0.1, 0.15) is 150 Å². The Morgan fingerprint density at radius 2 is 1.42 bits per heavy atom. The highest BCUT2D eigenvalue weighted by Crippen LogP contribution is 2.41. The van der Waals surface area contributed by atoms with E-state index in [0.29, 0.717) is 32.1 Å². The number of rotatable bonds is 4. The number of carbonyl (C=O) groups is 3. The monoisotopic (exact) mass is 772 g/mol. The third-order valence-electron chi connectivity index (χ3n) is 9.33. The van der Waals surface area contributed by atoms with Gasteiger partial charge < -0.3 is 34.4 Å². The molecule has 0 aromatic heterocycles. The Morgan fingerprint density at radius 3 is 1.85 bits per heavy atom. The van der Waals surface area contributed by atoms with E-state index in [-0.39, 0.29) is 67.9 Å². The second kappa shape index (κ2) is 36.5. The van der Waals surface area contributed by atoms with Crippen LogP contribution in [-0.4, -0.2) is 96.9 Å². The Bertz CT molecular complexity index is 869. The van der Waals surface area contributed by atoms with Crippen LogP contribution < -0.4 is 0 Å². The fourth-order valence-corrected chi connectivity index (χ4v) is 6.25. The van der Waals surface area contributed by atoms with Crippen LogP contribution in [0.15, 0.2) is 13.2 Å². The number of likely N-dealkylation sites (N-methyl/N-ethyl adjacent to an activating group) is 1. The third kappa shape index (κ3) is 21.4. The zero-order chi connectivity index (χ0) is 40.2. The minimum atomic E-state index is -0.603. The van der Waals surface area contributed by atoms with Crippen molar-refractivity contribution in [1.29, 1.82) is 0 Å². The summed E-state index contributed by atoms with van der Waals surface area (Å²) < 4.78 is 22.5. The predicted molar refractivity (Wildman–Crippen MR) is 225 cm³/mol. The summed E-state index contributed by atoms with van der Waals surface area (Å²) in [6, 6.07) is 0.172. The third-order valence-corrected chi connectivity index (χ3v) is 9.33. The first-order valence-electron chi connectivity index (χ1n) is 19.2. The van der Waals surface area contributed by atoms with Gasteiger partial charge in [-0.3, -0.25) is 14.4 Å². The average Bonchev–Trinajstić information content (AvgIpc) is 3.48. The molecule has 318 valence electrons.